The van der Waals surface area contributed by atoms with Gasteiger partial charge < -0.3 is 15.5 Å². The van der Waals surface area contributed by atoms with E-state index in [9.17, 15) is 4.79 Å². The first kappa shape index (κ1) is 19.0. The van der Waals surface area contributed by atoms with Gasteiger partial charge in [-0.05, 0) is 24.1 Å². The van der Waals surface area contributed by atoms with Crippen molar-refractivity contribution in [2.24, 2.45) is 16.6 Å². The Bertz CT molecular complexity index is 903. The van der Waals surface area contributed by atoms with Gasteiger partial charge in [-0.2, -0.15) is 0 Å². The molecular formula is C22H26N4OS. The lowest BCUT2D eigenvalue weighted by atomic mass is 10.0. The van der Waals surface area contributed by atoms with Crippen molar-refractivity contribution in [2.45, 2.75) is 29.7 Å². The number of amides is 1. The van der Waals surface area contributed by atoms with Crippen molar-refractivity contribution in [1.82, 2.24) is 9.80 Å². The predicted molar refractivity (Wildman–Crippen MR) is 114 cm³/mol. The van der Waals surface area contributed by atoms with Crippen LogP contribution in [-0.2, 0) is 4.79 Å². The molecule has 2 aliphatic heterocycles. The summed E-state index contributed by atoms with van der Waals surface area (Å²) in [6, 6.07) is 16.3. The number of amidine groups is 1. The minimum atomic E-state index is -0.425. The molecule has 1 amide bonds. The van der Waals surface area contributed by atoms with Crippen LogP contribution in [0.1, 0.15) is 19.4 Å². The molecule has 2 aliphatic rings. The average molecular weight is 395 g/mol. The number of rotatable bonds is 2. The molecule has 0 aliphatic carbocycles. The van der Waals surface area contributed by atoms with E-state index >= 15 is 0 Å². The van der Waals surface area contributed by atoms with Gasteiger partial charge in [-0.3, -0.25) is 4.79 Å². The number of carbonyl (C=O) groups is 1. The zero-order valence-corrected chi connectivity index (χ0v) is 17.2. The van der Waals surface area contributed by atoms with Crippen LogP contribution >= 0.6 is 11.8 Å². The minimum Gasteiger partial charge on any atom is -0.353 e. The van der Waals surface area contributed by atoms with Crippen LogP contribution in [0.3, 0.4) is 0 Å². The van der Waals surface area contributed by atoms with Gasteiger partial charge in [0.1, 0.15) is 5.84 Å². The fraction of sp³-hybridized carbons (Fsp3) is 0.364. The van der Waals surface area contributed by atoms with Crippen molar-refractivity contribution in [3.05, 3.63) is 54.1 Å². The Labute approximate surface area is 170 Å². The first-order chi connectivity index (χ1) is 13.5. The van der Waals surface area contributed by atoms with Gasteiger partial charge in [-0.1, -0.05) is 55.9 Å². The highest BCUT2D eigenvalue weighted by atomic mass is 32.2. The number of carbonyl (C=O) groups excluding carboxylic acids is 1. The van der Waals surface area contributed by atoms with Crippen molar-refractivity contribution < 1.29 is 4.79 Å². The van der Waals surface area contributed by atoms with Gasteiger partial charge in [0.25, 0.3) is 0 Å². The summed E-state index contributed by atoms with van der Waals surface area (Å²) in [5.74, 6) is 1.20. The van der Waals surface area contributed by atoms with Gasteiger partial charge >= 0.3 is 0 Å². The Balaban J connectivity index is 1.59. The molecule has 4 rings (SSSR count). The number of fused-ring (bicyclic) bond motifs is 2. The number of nitrogens with two attached hydrogens (primary N) is 1. The molecule has 2 aromatic rings. The Morgan fingerprint density at radius 2 is 1.64 bits per heavy atom. The number of benzene rings is 2. The summed E-state index contributed by atoms with van der Waals surface area (Å²) in [6.45, 7) is 6.85. The van der Waals surface area contributed by atoms with Gasteiger partial charge in [-0.25, -0.2) is 4.99 Å². The highest BCUT2D eigenvalue weighted by molar-refractivity contribution is 7.99. The van der Waals surface area contributed by atoms with Crippen LogP contribution in [0.15, 0.2) is 63.3 Å². The molecule has 1 saturated heterocycles. The summed E-state index contributed by atoms with van der Waals surface area (Å²) in [4.78, 5) is 24.2. The second-order valence-corrected chi connectivity index (χ2v) is 8.67. The summed E-state index contributed by atoms with van der Waals surface area (Å²) in [5.41, 5.74) is 8.23. The maximum atomic E-state index is 12.6. The summed E-state index contributed by atoms with van der Waals surface area (Å²) in [5, 5.41) is 0. The number of hydrogen-bond donors (Lipinski definition) is 1. The molecule has 0 bridgehead atoms. The Morgan fingerprint density at radius 1 is 1.00 bits per heavy atom. The van der Waals surface area contributed by atoms with Gasteiger partial charge in [0.05, 0.1) is 11.7 Å². The predicted octanol–water partition coefficient (Wildman–Crippen LogP) is 3.36. The van der Waals surface area contributed by atoms with E-state index in [1.165, 1.54) is 9.79 Å². The standard InChI is InChI=1S/C22H26N4OS/c1-15(2)20(23)22(27)26-13-11-25(12-14-26)21-16-7-3-5-9-18(16)28-19-10-6-4-8-17(19)24-21/h3-10,15,20H,11-14,23H2,1-2H3. The maximum absolute atomic E-state index is 12.6. The molecule has 28 heavy (non-hydrogen) atoms. The molecule has 146 valence electrons. The lowest BCUT2D eigenvalue weighted by Gasteiger charge is -2.38. The number of hydrogen-bond acceptors (Lipinski definition) is 5. The van der Waals surface area contributed by atoms with E-state index in [1.54, 1.807) is 11.8 Å². The number of nitrogens with zero attached hydrogens (tertiary/aromatic N) is 3. The largest absolute Gasteiger partial charge is 0.353 e. The molecule has 2 heterocycles. The Morgan fingerprint density at radius 3 is 2.36 bits per heavy atom. The van der Waals surface area contributed by atoms with Crippen LogP contribution in [-0.4, -0.2) is 53.8 Å². The summed E-state index contributed by atoms with van der Waals surface area (Å²) >= 11 is 1.76. The highest BCUT2D eigenvalue weighted by Gasteiger charge is 2.29. The van der Waals surface area contributed by atoms with E-state index < -0.39 is 6.04 Å². The molecule has 2 N–H and O–H groups in total. The molecule has 0 aromatic heterocycles. The van der Waals surface area contributed by atoms with Crippen LogP contribution in [0.25, 0.3) is 0 Å². The van der Waals surface area contributed by atoms with E-state index in [0.29, 0.717) is 13.1 Å². The molecule has 1 fully saturated rings. The number of para-hydroxylation sites is 1. The fourth-order valence-electron chi connectivity index (χ4n) is 3.54. The third kappa shape index (κ3) is 3.66. The van der Waals surface area contributed by atoms with Gasteiger partial charge in [0, 0.05) is 41.5 Å². The minimum absolute atomic E-state index is 0.0544. The Kier molecular flexibility index (Phi) is 5.42. The number of piperazine rings is 1. The fourth-order valence-corrected chi connectivity index (χ4v) is 4.56. The molecule has 2 aromatic carbocycles. The molecule has 0 radical (unpaired) electrons. The van der Waals surface area contributed by atoms with Crippen LogP contribution in [0.2, 0.25) is 0 Å². The normalized spacial score (nSPS) is 17.5. The SMILES string of the molecule is CC(C)C(N)C(=O)N1CCN(C2=Nc3ccccc3Sc3ccccc32)CC1. The van der Waals surface area contributed by atoms with E-state index in [4.69, 9.17) is 10.7 Å². The van der Waals surface area contributed by atoms with Crippen LogP contribution in [0.5, 0.6) is 0 Å². The van der Waals surface area contributed by atoms with Gasteiger partial charge in [0.2, 0.25) is 5.91 Å². The summed E-state index contributed by atoms with van der Waals surface area (Å²) in [6.07, 6.45) is 0. The third-order valence-electron chi connectivity index (χ3n) is 5.33. The van der Waals surface area contributed by atoms with Crippen LogP contribution in [0.4, 0.5) is 5.69 Å². The first-order valence-corrected chi connectivity index (χ1v) is 10.6. The zero-order valence-electron chi connectivity index (χ0n) is 16.3. The van der Waals surface area contributed by atoms with E-state index in [1.807, 2.05) is 24.8 Å². The van der Waals surface area contributed by atoms with Crippen molar-refractivity contribution in [3.8, 4) is 0 Å². The highest BCUT2D eigenvalue weighted by Crippen LogP contribution is 2.40. The van der Waals surface area contributed by atoms with Crippen molar-refractivity contribution >= 4 is 29.2 Å². The quantitative estimate of drug-likeness (QED) is 0.848. The molecule has 0 spiro atoms. The molecule has 6 heteroatoms. The molecular weight excluding hydrogens is 368 g/mol. The monoisotopic (exact) mass is 394 g/mol. The van der Waals surface area contributed by atoms with E-state index in [-0.39, 0.29) is 11.8 Å². The van der Waals surface area contributed by atoms with Crippen molar-refractivity contribution in [2.75, 3.05) is 26.2 Å². The first-order valence-electron chi connectivity index (χ1n) is 9.79. The topological polar surface area (TPSA) is 61.9 Å². The second kappa shape index (κ2) is 7.97. The van der Waals surface area contributed by atoms with E-state index in [2.05, 4.69) is 47.4 Å². The number of aliphatic imine (C=N–C) groups is 1. The van der Waals surface area contributed by atoms with Crippen molar-refractivity contribution in [3.63, 3.8) is 0 Å². The molecule has 1 unspecified atom stereocenters. The summed E-state index contributed by atoms with van der Waals surface area (Å²) in [7, 11) is 0. The van der Waals surface area contributed by atoms with E-state index in [0.717, 1.165) is 30.2 Å². The van der Waals surface area contributed by atoms with Crippen LogP contribution < -0.4 is 5.73 Å². The molecule has 5 nitrogen and oxygen atoms in total. The third-order valence-corrected chi connectivity index (χ3v) is 6.47. The zero-order chi connectivity index (χ0) is 19.7. The molecule has 1 atom stereocenters. The van der Waals surface area contributed by atoms with Crippen molar-refractivity contribution in [1.29, 1.82) is 0 Å². The second-order valence-electron chi connectivity index (χ2n) is 7.58. The molecule has 0 saturated carbocycles. The summed E-state index contributed by atoms with van der Waals surface area (Å²) < 4.78 is 0. The lowest BCUT2D eigenvalue weighted by Crippen LogP contribution is -2.55. The Hall–Kier alpha value is -2.31. The average Bonchev–Trinajstić information content (AvgIpc) is 2.89. The van der Waals surface area contributed by atoms with Gasteiger partial charge in [-0.15, -0.1) is 0 Å². The lowest BCUT2D eigenvalue weighted by molar-refractivity contribution is -0.134. The maximum Gasteiger partial charge on any atom is 0.239 e. The smallest absolute Gasteiger partial charge is 0.239 e. The van der Waals surface area contributed by atoms with Crippen LogP contribution in [0, 0.1) is 5.92 Å². The van der Waals surface area contributed by atoms with Gasteiger partial charge in [0.15, 0.2) is 0 Å².